The Kier molecular flexibility index (Phi) is 4.32. The summed E-state index contributed by atoms with van der Waals surface area (Å²) in [5.74, 6) is -0.0685. The van der Waals surface area contributed by atoms with Crippen molar-refractivity contribution in [3.8, 4) is 0 Å². The summed E-state index contributed by atoms with van der Waals surface area (Å²) in [6.07, 6.45) is -2.77. The minimum absolute atomic E-state index is 0.0841. The number of halogens is 4. The van der Waals surface area contributed by atoms with Crippen molar-refractivity contribution in [2.75, 3.05) is 24.5 Å². The summed E-state index contributed by atoms with van der Waals surface area (Å²) in [4.78, 5) is 19.2. The molecule has 3 heterocycles. The van der Waals surface area contributed by atoms with E-state index in [1.54, 1.807) is 9.80 Å². The quantitative estimate of drug-likeness (QED) is 0.455. The summed E-state index contributed by atoms with van der Waals surface area (Å²) in [7, 11) is 0. The largest absolute Gasteiger partial charge is 0.417 e. The average molecular weight is 369 g/mol. The van der Waals surface area contributed by atoms with Crippen LogP contribution in [0.15, 0.2) is 37.1 Å². The Balaban J connectivity index is 2.07. The van der Waals surface area contributed by atoms with Gasteiger partial charge in [0.2, 0.25) is 5.91 Å². The lowest BCUT2D eigenvalue weighted by atomic mass is 9.79. The number of piperazine rings is 1. The molecule has 8 heteroatoms. The second-order valence-corrected chi connectivity index (χ2v) is 6.71. The molecular weight excluding hydrogens is 350 g/mol. The Labute approximate surface area is 148 Å². The maximum atomic E-state index is 15.8. The molecule has 140 valence electrons. The molecule has 0 aliphatic carbocycles. The van der Waals surface area contributed by atoms with Crippen molar-refractivity contribution in [2.45, 2.75) is 31.2 Å². The number of carbonyl (C=O) groups excluding carboxylic acids is 1. The fraction of sp³-hybridized carbons (Fsp3) is 0.444. The van der Waals surface area contributed by atoms with Gasteiger partial charge in [-0.05, 0) is 24.6 Å². The summed E-state index contributed by atoms with van der Waals surface area (Å²) in [6, 6.07) is 0.431. The van der Waals surface area contributed by atoms with Crippen LogP contribution in [0.2, 0.25) is 0 Å². The molecule has 4 nitrogen and oxygen atoms in total. The summed E-state index contributed by atoms with van der Waals surface area (Å²) in [6.45, 7) is 9.55. The number of pyridine rings is 1. The number of fused-ring (bicyclic) bond motifs is 3. The summed E-state index contributed by atoms with van der Waals surface area (Å²) in [5, 5.41) is 0. The van der Waals surface area contributed by atoms with Crippen molar-refractivity contribution < 1.29 is 22.4 Å². The zero-order valence-electron chi connectivity index (χ0n) is 14.3. The highest BCUT2D eigenvalue weighted by molar-refractivity contribution is 5.87. The average Bonchev–Trinajstić information content (AvgIpc) is 2.59. The predicted molar refractivity (Wildman–Crippen MR) is 89.4 cm³/mol. The molecule has 26 heavy (non-hydrogen) atoms. The number of rotatable bonds is 2. The summed E-state index contributed by atoms with van der Waals surface area (Å²) in [5.41, 5.74) is -3.12. The SMILES string of the molecule is C=CC(=O)N1CCN2c3ncc(C(F)(F)F)cc3C(F)(C(=C)C)C[C@H]2C1. The van der Waals surface area contributed by atoms with E-state index in [0.717, 1.165) is 12.3 Å². The second-order valence-electron chi connectivity index (χ2n) is 6.71. The van der Waals surface area contributed by atoms with Gasteiger partial charge in [-0.1, -0.05) is 13.2 Å². The van der Waals surface area contributed by atoms with E-state index in [4.69, 9.17) is 0 Å². The minimum atomic E-state index is -4.61. The topological polar surface area (TPSA) is 36.4 Å². The standard InChI is InChI=1S/C18H19F4N3O/c1-4-15(26)24-5-6-25-13(10-24)8-17(19,11(2)3)14-7-12(18(20,21)22)9-23-16(14)25/h4,7,9,13H,1-2,5-6,8,10H2,3H3/t13-,17?/m0/s1. The van der Waals surface area contributed by atoms with E-state index in [0.29, 0.717) is 13.1 Å². The molecule has 0 radical (unpaired) electrons. The third-order valence-electron chi connectivity index (χ3n) is 5.06. The molecule has 0 saturated carbocycles. The van der Waals surface area contributed by atoms with Gasteiger partial charge >= 0.3 is 6.18 Å². The maximum absolute atomic E-state index is 15.8. The number of nitrogens with zero attached hydrogens (tertiary/aromatic N) is 3. The van der Waals surface area contributed by atoms with Crippen molar-refractivity contribution in [3.05, 3.63) is 48.2 Å². The monoisotopic (exact) mass is 369 g/mol. The third-order valence-corrected chi connectivity index (χ3v) is 5.06. The second kappa shape index (κ2) is 6.10. The van der Waals surface area contributed by atoms with Crippen LogP contribution in [0, 0.1) is 0 Å². The summed E-state index contributed by atoms with van der Waals surface area (Å²) < 4.78 is 55.0. The first-order valence-electron chi connectivity index (χ1n) is 8.18. The van der Waals surface area contributed by atoms with Gasteiger partial charge < -0.3 is 9.80 Å². The molecule has 1 fully saturated rings. The van der Waals surface area contributed by atoms with Gasteiger partial charge in [-0.3, -0.25) is 4.79 Å². The Hall–Kier alpha value is -2.38. The molecule has 0 N–H and O–H groups in total. The Morgan fingerprint density at radius 3 is 2.69 bits per heavy atom. The van der Waals surface area contributed by atoms with Gasteiger partial charge in [-0.15, -0.1) is 0 Å². The molecule has 0 spiro atoms. The molecule has 3 rings (SSSR count). The van der Waals surface area contributed by atoms with Crippen molar-refractivity contribution in [2.24, 2.45) is 0 Å². The van der Waals surface area contributed by atoms with Crippen molar-refractivity contribution >= 4 is 11.7 Å². The molecule has 1 aromatic heterocycles. The molecule has 2 aliphatic rings. The molecule has 0 aromatic carbocycles. The van der Waals surface area contributed by atoms with E-state index < -0.39 is 23.5 Å². The van der Waals surface area contributed by atoms with Crippen LogP contribution < -0.4 is 4.90 Å². The molecule has 2 aliphatic heterocycles. The zero-order chi connectivity index (χ0) is 19.3. The van der Waals surface area contributed by atoms with Crippen LogP contribution >= 0.6 is 0 Å². The molecule has 1 amide bonds. The van der Waals surface area contributed by atoms with Gasteiger partial charge in [0.1, 0.15) is 5.82 Å². The van der Waals surface area contributed by atoms with Gasteiger partial charge in [0.15, 0.2) is 5.67 Å². The smallest absolute Gasteiger partial charge is 0.350 e. The molecule has 2 atom stereocenters. The van der Waals surface area contributed by atoms with Crippen LogP contribution in [-0.4, -0.2) is 41.5 Å². The van der Waals surface area contributed by atoms with E-state index in [9.17, 15) is 18.0 Å². The number of hydrogen-bond donors (Lipinski definition) is 0. The third kappa shape index (κ3) is 2.87. The van der Waals surface area contributed by atoms with Crippen molar-refractivity contribution in [3.63, 3.8) is 0 Å². The van der Waals surface area contributed by atoms with Crippen LogP contribution in [0.5, 0.6) is 0 Å². The first-order chi connectivity index (χ1) is 12.1. The molecule has 0 bridgehead atoms. The van der Waals surface area contributed by atoms with Crippen molar-refractivity contribution in [1.29, 1.82) is 0 Å². The highest BCUT2D eigenvalue weighted by Crippen LogP contribution is 2.48. The van der Waals surface area contributed by atoms with E-state index in [1.807, 2.05) is 0 Å². The number of aromatic nitrogens is 1. The number of carbonyl (C=O) groups is 1. The first-order valence-corrected chi connectivity index (χ1v) is 8.18. The van der Waals surface area contributed by atoms with Gasteiger partial charge in [-0.25, -0.2) is 9.37 Å². The van der Waals surface area contributed by atoms with Gasteiger partial charge in [-0.2, -0.15) is 13.2 Å². The maximum Gasteiger partial charge on any atom is 0.417 e. The number of allylic oxidation sites excluding steroid dienone is 1. The fourth-order valence-corrected chi connectivity index (χ4v) is 3.61. The predicted octanol–water partition coefficient (Wildman–Crippen LogP) is 3.45. The van der Waals surface area contributed by atoms with Crippen LogP contribution in [0.4, 0.5) is 23.4 Å². The molecule has 1 unspecified atom stereocenters. The van der Waals surface area contributed by atoms with Crippen molar-refractivity contribution in [1.82, 2.24) is 9.88 Å². The summed E-state index contributed by atoms with van der Waals surface area (Å²) >= 11 is 0. The highest BCUT2D eigenvalue weighted by Gasteiger charge is 2.48. The van der Waals surface area contributed by atoms with Gasteiger partial charge in [0.25, 0.3) is 0 Å². The van der Waals surface area contributed by atoms with E-state index in [2.05, 4.69) is 18.1 Å². The Bertz CT molecular complexity index is 776. The van der Waals surface area contributed by atoms with E-state index in [-0.39, 0.29) is 35.8 Å². The van der Waals surface area contributed by atoms with Gasteiger partial charge in [0.05, 0.1) is 11.6 Å². The number of amides is 1. The number of anilines is 1. The lowest BCUT2D eigenvalue weighted by Crippen LogP contribution is -2.59. The molecule has 1 aromatic rings. The zero-order valence-corrected chi connectivity index (χ0v) is 14.3. The fourth-order valence-electron chi connectivity index (χ4n) is 3.61. The van der Waals surface area contributed by atoms with Crippen LogP contribution in [0.25, 0.3) is 0 Å². The number of hydrogen-bond acceptors (Lipinski definition) is 3. The number of alkyl halides is 4. The van der Waals surface area contributed by atoms with Crippen LogP contribution in [0.1, 0.15) is 24.5 Å². The van der Waals surface area contributed by atoms with E-state index in [1.165, 1.54) is 13.0 Å². The van der Waals surface area contributed by atoms with Crippen LogP contribution in [0.3, 0.4) is 0 Å². The molecular formula is C18H19F4N3O. The Morgan fingerprint density at radius 2 is 2.12 bits per heavy atom. The lowest BCUT2D eigenvalue weighted by molar-refractivity contribution is -0.138. The highest BCUT2D eigenvalue weighted by atomic mass is 19.4. The minimum Gasteiger partial charge on any atom is -0.350 e. The normalized spacial score (nSPS) is 25.3. The first kappa shape index (κ1) is 18.4. The van der Waals surface area contributed by atoms with Gasteiger partial charge in [0, 0.05) is 37.8 Å². The lowest BCUT2D eigenvalue weighted by Gasteiger charge is -2.49. The Morgan fingerprint density at radius 1 is 1.42 bits per heavy atom. The van der Waals surface area contributed by atoms with Crippen LogP contribution in [-0.2, 0) is 16.6 Å². The molecule has 1 saturated heterocycles. The van der Waals surface area contributed by atoms with E-state index >= 15 is 4.39 Å².